The number of benzene rings is 2. The van der Waals surface area contributed by atoms with Crippen molar-refractivity contribution in [3.05, 3.63) is 54.1 Å². The van der Waals surface area contributed by atoms with Crippen molar-refractivity contribution in [2.24, 2.45) is 0 Å². The second-order valence-corrected chi connectivity index (χ2v) is 9.71. The summed E-state index contributed by atoms with van der Waals surface area (Å²) >= 11 is 0. The number of likely N-dealkylation sites (N-methyl/N-ethyl adjacent to an activating group) is 1. The minimum absolute atomic E-state index is 0.151. The minimum atomic E-state index is -3.74. The van der Waals surface area contributed by atoms with Gasteiger partial charge in [0.15, 0.2) is 0 Å². The number of rotatable bonds is 6. The van der Waals surface area contributed by atoms with Crippen LogP contribution in [0, 0.1) is 0 Å². The van der Waals surface area contributed by atoms with E-state index in [1.165, 1.54) is 19.2 Å². The number of ether oxygens (including phenoxy) is 2. The van der Waals surface area contributed by atoms with Gasteiger partial charge in [0, 0.05) is 19.0 Å². The van der Waals surface area contributed by atoms with Gasteiger partial charge in [0.25, 0.3) is 0 Å². The Kier molecular flexibility index (Phi) is 5.86. The van der Waals surface area contributed by atoms with Crippen molar-refractivity contribution in [3.8, 4) is 11.5 Å². The van der Waals surface area contributed by atoms with Crippen LogP contribution in [0.15, 0.2) is 53.4 Å². The van der Waals surface area contributed by atoms with Gasteiger partial charge < -0.3 is 14.8 Å². The molecule has 0 saturated heterocycles. The highest BCUT2D eigenvalue weighted by Gasteiger charge is 2.35. The van der Waals surface area contributed by atoms with Crippen molar-refractivity contribution in [2.45, 2.75) is 36.8 Å². The van der Waals surface area contributed by atoms with Crippen molar-refractivity contribution in [2.75, 3.05) is 20.7 Å². The number of nitrogens with zero attached hydrogens (tertiary/aromatic N) is 1. The van der Waals surface area contributed by atoms with Gasteiger partial charge >= 0.3 is 0 Å². The lowest BCUT2D eigenvalue weighted by Gasteiger charge is -2.38. The fourth-order valence-corrected chi connectivity index (χ4v) is 4.54. The highest BCUT2D eigenvalue weighted by Crippen LogP contribution is 2.41. The number of sulfonamides is 1. The van der Waals surface area contributed by atoms with Gasteiger partial charge in [0.1, 0.15) is 17.1 Å². The third-order valence-electron chi connectivity index (χ3n) is 4.83. The summed E-state index contributed by atoms with van der Waals surface area (Å²) in [6.07, 6.45) is 0.550. The molecule has 1 atom stereocenters. The van der Waals surface area contributed by atoms with Gasteiger partial charge in [0.2, 0.25) is 15.9 Å². The predicted octanol–water partition coefficient (Wildman–Crippen LogP) is 2.73. The first-order valence-corrected chi connectivity index (χ1v) is 10.7. The van der Waals surface area contributed by atoms with Crippen LogP contribution in [-0.4, -0.2) is 44.9 Å². The van der Waals surface area contributed by atoms with Crippen molar-refractivity contribution < 1.29 is 22.7 Å². The predicted molar refractivity (Wildman–Crippen MR) is 109 cm³/mol. The highest BCUT2D eigenvalue weighted by atomic mass is 32.2. The van der Waals surface area contributed by atoms with Gasteiger partial charge in [-0.25, -0.2) is 8.42 Å². The molecule has 1 aliphatic rings. The summed E-state index contributed by atoms with van der Waals surface area (Å²) in [4.78, 5) is 12.8. The molecule has 8 heteroatoms. The lowest BCUT2D eigenvalue weighted by Crippen LogP contribution is -2.44. The average Bonchev–Trinajstić information content (AvgIpc) is 2.67. The van der Waals surface area contributed by atoms with Crippen LogP contribution in [0.4, 0.5) is 0 Å². The summed E-state index contributed by atoms with van der Waals surface area (Å²) in [6, 6.07) is 13.2. The maximum atomic E-state index is 12.7. The monoisotopic (exact) mass is 418 g/mol. The molecule has 0 aliphatic carbocycles. The quantitative estimate of drug-likeness (QED) is 0.780. The van der Waals surface area contributed by atoms with Crippen LogP contribution in [0.5, 0.6) is 11.5 Å². The fraction of sp³-hybridized carbons (Fsp3) is 0.381. The smallest absolute Gasteiger partial charge is 0.243 e. The second-order valence-electron chi connectivity index (χ2n) is 7.66. The minimum Gasteiger partial charge on any atom is -0.497 e. The van der Waals surface area contributed by atoms with E-state index in [0.717, 1.165) is 9.87 Å². The molecule has 0 radical (unpaired) electrons. The van der Waals surface area contributed by atoms with E-state index in [9.17, 15) is 13.2 Å². The zero-order chi connectivity index (χ0) is 21.2. The summed E-state index contributed by atoms with van der Waals surface area (Å²) in [5.74, 6) is 0.955. The van der Waals surface area contributed by atoms with Crippen molar-refractivity contribution in [1.29, 1.82) is 0 Å². The zero-order valence-corrected chi connectivity index (χ0v) is 17.8. The van der Waals surface area contributed by atoms with Crippen LogP contribution in [-0.2, 0) is 14.8 Å². The lowest BCUT2D eigenvalue weighted by molar-refractivity contribution is -0.122. The summed E-state index contributed by atoms with van der Waals surface area (Å²) in [5, 5.41) is 2.96. The Morgan fingerprint density at radius 1 is 1.24 bits per heavy atom. The number of fused-ring (bicyclic) bond motifs is 1. The van der Waals surface area contributed by atoms with Gasteiger partial charge in [-0.15, -0.1) is 0 Å². The molecule has 2 aromatic carbocycles. The van der Waals surface area contributed by atoms with E-state index >= 15 is 0 Å². The van der Waals surface area contributed by atoms with Gasteiger partial charge in [-0.05, 0) is 44.2 Å². The summed E-state index contributed by atoms with van der Waals surface area (Å²) < 4.78 is 37.7. The number of hydrogen-bond donors (Lipinski definition) is 1. The molecule has 1 amide bonds. The average molecular weight is 419 g/mol. The normalized spacial score (nSPS) is 17.9. The molecule has 3 rings (SSSR count). The summed E-state index contributed by atoms with van der Waals surface area (Å²) in [7, 11) is -0.770. The lowest BCUT2D eigenvalue weighted by atomic mass is 9.89. The molecule has 0 saturated carbocycles. The second kappa shape index (κ2) is 8.04. The van der Waals surface area contributed by atoms with Crippen molar-refractivity contribution >= 4 is 15.9 Å². The molecule has 29 heavy (non-hydrogen) atoms. The van der Waals surface area contributed by atoms with Crippen LogP contribution in [0.3, 0.4) is 0 Å². The zero-order valence-electron chi connectivity index (χ0n) is 17.0. The van der Waals surface area contributed by atoms with Gasteiger partial charge in [-0.3, -0.25) is 4.79 Å². The van der Waals surface area contributed by atoms with E-state index in [0.29, 0.717) is 17.9 Å². The molecule has 1 N–H and O–H groups in total. The van der Waals surface area contributed by atoms with E-state index < -0.39 is 15.6 Å². The summed E-state index contributed by atoms with van der Waals surface area (Å²) in [5.41, 5.74) is 0.340. The highest BCUT2D eigenvalue weighted by molar-refractivity contribution is 7.89. The Bertz CT molecular complexity index is 989. The molecule has 7 nitrogen and oxygen atoms in total. The van der Waals surface area contributed by atoms with Gasteiger partial charge in [0.05, 0.1) is 24.6 Å². The van der Waals surface area contributed by atoms with Crippen LogP contribution in [0.1, 0.15) is 31.9 Å². The molecule has 156 valence electrons. The third-order valence-corrected chi connectivity index (χ3v) is 6.64. The number of methoxy groups -OCH3 is 1. The molecule has 1 aliphatic heterocycles. The first-order valence-electron chi connectivity index (χ1n) is 9.30. The van der Waals surface area contributed by atoms with Gasteiger partial charge in [-0.1, -0.05) is 18.2 Å². The molecular weight excluding hydrogens is 392 g/mol. The Morgan fingerprint density at radius 2 is 1.93 bits per heavy atom. The van der Waals surface area contributed by atoms with E-state index in [-0.39, 0.29) is 23.4 Å². The first kappa shape index (κ1) is 21.1. The Balaban J connectivity index is 1.77. The van der Waals surface area contributed by atoms with Crippen LogP contribution >= 0.6 is 0 Å². The maximum absolute atomic E-state index is 12.7. The Morgan fingerprint density at radius 3 is 2.59 bits per heavy atom. The maximum Gasteiger partial charge on any atom is 0.243 e. The first-order chi connectivity index (χ1) is 13.6. The molecular formula is C21H26N2O5S. The number of carbonyl (C=O) groups excluding carboxylic acids is 1. The number of hydrogen-bond acceptors (Lipinski definition) is 5. The number of amides is 1. The molecule has 2 aromatic rings. The number of nitrogens with one attached hydrogen (secondary N) is 1. The van der Waals surface area contributed by atoms with Crippen molar-refractivity contribution in [1.82, 2.24) is 9.62 Å². The van der Waals surface area contributed by atoms with E-state index in [4.69, 9.17) is 9.47 Å². The van der Waals surface area contributed by atoms with Crippen LogP contribution < -0.4 is 14.8 Å². The van der Waals surface area contributed by atoms with Gasteiger partial charge in [-0.2, -0.15) is 4.31 Å². The molecule has 0 aromatic heterocycles. The fourth-order valence-electron chi connectivity index (χ4n) is 3.39. The third kappa shape index (κ3) is 4.71. The SMILES string of the molecule is COc1ccc2c(c1)[C@H](NC(=O)CN(C)S(=O)(=O)c1ccccc1)CC(C)(C)O2. The molecule has 0 unspecified atom stereocenters. The van der Waals surface area contributed by atoms with E-state index in [2.05, 4.69) is 5.32 Å². The molecule has 0 spiro atoms. The topological polar surface area (TPSA) is 84.9 Å². The molecule has 0 fully saturated rings. The van der Waals surface area contributed by atoms with E-state index in [1.54, 1.807) is 31.4 Å². The Hall–Kier alpha value is -2.58. The number of carbonyl (C=O) groups is 1. The standard InChI is InChI=1S/C21H26N2O5S/c1-21(2)13-18(17-12-15(27-4)10-11-19(17)28-21)22-20(24)14-23(3)29(25,26)16-8-6-5-7-9-16/h5-12,18H,13-14H2,1-4H3,(H,22,24)/t18-/m1/s1. The summed E-state index contributed by atoms with van der Waals surface area (Å²) in [6.45, 7) is 3.62. The molecule has 1 heterocycles. The van der Waals surface area contributed by atoms with Crippen molar-refractivity contribution in [3.63, 3.8) is 0 Å². The molecule has 0 bridgehead atoms. The van der Waals surface area contributed by atoms with Crippen LogP contribution in [0.2, 0.25) is 0 Å². The Labute approximate surface area is 171 Å². The largest absolute Gasteiger partial charge is 0.497 e. The van der Waals surface area contributed by atoms with Crippen LogP contribution in [0.25, 0.3) is 0 Å². The van der Waals surface area contributed by atoms with E-state index in [1.807, 2.05) is 26.0 Å².